The van der Waals surface area contributed by atoms with Crippen LogP contribution in [-0.4, -0.2) is 13.1 Å². The zero-order valence-electron chi connectivity index (χ0n) is 12.2. The van der Waals surface area contributed by atoms with Crippen molar-refractivity contribution >= 4 is 15.9 Å². The van der Waals surface area contributed by atoms with Crippen LogP contribution in [0.5, 0.6) is 0 Å². The van der Waals surface area contributed by atoms with Crippen LogP contribution in [0.3, 0.4) is 0 Å². The lowest BCUT2D eigenvalue weighted by molar-refractivity contribution is 0.302. The number of nitrogens with one attached hydrogen (secondary N) is 1. The summed E-state index contributed by atoms with van der Waals surface area (Å²) >= 11 is 3.24. The molecule has 1 aromatic rings. The topological polar surface area (TPSA) is 12.0 Å². The molecule has 108 valence electrons. The van der Waals surface area contributed by atoms with E-state index in [9.17, 15) is 4.39 Å². The summed E-state index contributed by atoms with van der Waals surface area (Å²) in [5.74, 6) is -0.188. The van der Waals surface area contributed by atoms with Gasteiger partial charge in [-0.2, -0.15) is 0 Å². The van der Waals surface area contributed by atoms with E-state index in [0.717, 1.165) is 25.9 Å². The van der Waals surface area contributed by atoms with Gasteiger partial charge in [0.15, 0.2) is 0 Å². The summed E-state index contributed by atoms with van der Waals surface area (Å²) in [5.41, 5.74) is 1.52. The monoisotopic (exact) mass is 329 g/mol. The predicted molar refractivity (Wildman–Crippen MR) is 84.0 cm³/mol. The third kappa shape index (κ3) is 6.53. The van der Waals surface area contributed by atoms with E-state index in [1.165, 1.54) is 24.5 Å². The lowest BCUT2D eigenvalue weighted by Crippen LogP contribution is -2.23. The highest BCUT2D eigenvalue weighted by Crippen LogP contribution is 2.27. The molecule has 0 saturated heterocycles. The van der Waals surface area contributed by atoms with Gasteiger partial charge in [0.05, 0.1) is 4.47 Å². The van der Waals surface area contributed by atoms with Crippen molar-refractivity contribution in [1.82, 2.24) is 5.32 Å². The Labute approximate surface area is 125 Å². The van der Waals surface area contributed by atoms with E-state index in [0.29, 0.717) is 9.89 Å². The maximum atomic E-state index is 13.2. The molecule has 0 bridgehead atoms. The third-order valence-electron chi connectivity index (χ3n) is 3.48. The highest BCUT2D eigenvalue weighted by molar-refractivity contribution is 9.10. The Morgan fingerprint density at radius 2 is 1.95 bits per heavy atom. The Kier molecular flexibility index (Phi) is 7.01. The first kappa shape index (κ1) is 16.6. The number of aryl methyl sites for hydroxylation is 1. The summed E-state index contributed by atoms with van der Waals surface area (Å²) in [4.78, 5) is 0. The second-order valence-electron chi connectivity index (χ2n) is 5.91. The second kappa shape index (κ2) is 8.01. The fourth-order valence-corrected chi connectivity index (χ4v) is 2.46. The Bertz CT molecular complexity index is 390. The molecule has 1 nitrogen and oxygen atoms in total. The quantitative estimate of drug-likeness (QED) is 0.666. The first-order chi connectivity index (χ1) is 8.94. The van der Waals surface area contributed by atoms with Crippen molar-refractivity contribution in [3.05, 3.63) is 34.1 Å². The Morgan fingerprint density at radius 3 is 2.58 bits per heavy atom. The van der Waals surface area contributed by atoms with E-state index in [4.69, 9.17) is 0 Å². The molecule has 0 saturated carbocycles. The fourth-order valence-electron chi connectivity index (χ4n) is 2.03. The van der Waals surface area contributed by atoms with Crippen LogP contribution in [0.2, 0.25) is 0 Å². The Hall–Kier alpha value is -0.410. The average molecular weight is 330 g/mol. The van der Waals surface area contributed by atoms with Gasteiger partial charge in [-0.1, -0.05) is 26.8 Å². The van der Waals surface area contributed by atoms with Gasteiger partial charge in [0, 0.05) is 0 Å². The summed E-state index contributed by atoms with van der Waals surface area (Å²) in [7, 11) is 0. The lowest BCUT2D eigenvalue weighted by atomic mass is 9.83. The molecule has 1 N–H and O–H groups in total. The molecule has 1 rings (SSSR count). The first-order valence-electron chi connectivity index (χ1n) is 7.09. The zero-order valence-corrected chi connectivity index (χ0v) is 13.8. The Morgan fingerprint density at radius 1 is 1.21 bits per heavy atom. The van der Waals surface area contributed by atoms with Crippen LogP contribution >= 0.6 is 15.9 Å². The van der Waals surface area contributed by atoms with Crippen molar-refractivity contribution in [3.63, 3.8) is 0 Å². The van der Waals surface area contributed by atoms with Gasteiger partial charge in [-0.25, -0.2) is 4.39 Å². The van der Waals surface area contributed by atoms with Crippen LogP contribution in [0, 0.1) is 11.2 Å². The van der Waals surface area contributed by atoms with Crippen molar-refractivity contribution in [2.45, 2.75) is 46.5 Å². The smallest absolute Gasteiger partial charge is 0.137 e. The van der Waals surface area contributed by atoms with Crippen molar-refractivity contribution < 1.29 is 4.39 Å². The maximum Gasteiger partial charge on any atom is 0.137 e. The number of benzene rings is 1. The van der Waals surface area contributed by atoms with Gasteiger partial charge < -0.3 is 5.32 Å². The minimum Gasteiger partial charge on any atom is -0.317 e. The van der Waals surface area contributed by atoms with Crippen LogP contribution in [0.15, 0.2) is 22.7 Å². The molecule has 0 fully saturated rings. The average Bonchev–Trinajstić information content (AvgIpc) is 2.36. The van der Waals surface area contributed by atoms with E-state index < -0.39 is 0 Å². The molecule has 1 aromatic carbocycles. The van der Waals surface area contributed by atoms with Crippen LogP contribution < -0.4 is 5.32 Å². The molecule has 0 aliphatic carbocycles. The van der Waals surface area contributed by atoms with Gasteiger partial charge in [0.25, 0.3) is 0 Å². The van der Waals surface area contributed by atoms with Crippen LogP contribution in [0.1, 0.15) is 45.6 Å². The lowest BCUT2D eigenvalue weighted by Gasteiger charge is -2.25. The molecule has 0 spiro atoms. The van der Waals surface area contributed by atoms with Crippen molar-refractivity contribution in [1.29, 1.82) is 0 Å². The van der Waals surface area contributed by atoms with Crippen molar-refractivity contribution in [2.24, 2.45) is 5.41 Å². The fraction of sp³-hybridized carbons (Fsp3) is 0.625. The molecule has 3 heteroatoms. The highest BCUT2D eigenvalue weighted by Gasteiger charge is 2.17. The molecule has 0 amide bonds. The first-order valence-corrected chi connectivity index (χ1v) is 7.88. The van der Waals surface area contributed by atoms with E-state index in [1.54, 1.807) is 0 Å². The number of rotatable bonds is 8. The minimum atomic E-state index is -0.188. The summed E-state index contributed by atoms with van der Waals surface area (Å²) in [6, 6.07) is 5.31. The van der Waals surface area contributed by atoms with Gasteiger partial charge in [0.2, 0.25) is 0 Å². The normalized spacial score (nSPS) is 11.8. The second-order valence-corrected chi connectivity index (χ2v) is 6.77. The summed E-state index contributed by atoms with van der Waals surface area (Å²) in [5, 5.41) is 3.45. The summed E-state index contributed by atoms with van der Waals surface area (Å²) in [6.45, 7) is 8.97. The molecular formula is C16H25BrFN. The molecule has 19 heavy (non-hydrogen) atoms. The molecular weight excluding hydrogens is 305 g/mol. The maximum absolute atomic E-state index is 13.2. The van der Waals surface area contributed by atoms with Gasteiger partial charge in [0.1, 0.15) is 5.82 Å². The van der Waals surface area contributed by atoms with Gasteiger partial charge in [-0.05, 0) is 77.8 Å². The molecule has 0 atom stereocenters. The Balaban J connectivity index is 2.39. The van der Waals surface area contributed by atoms with Gasteiger partial charge >= 0.3 is 0 Å². The van der Waals surface area contributed by atoms with E-state index >= 15 is 0 Å². The van der Waals surface area contributed by atoms with E-state index in [-0.39, 0.29) is 5.82 Å². The zero-order chi connectivity index (χ0) is 14.3. The molecule has 0 aliphatic rings. The number of hydrogen-bond donors (Lipinski definition) is 1. The summed E-state index contributed by atoms with van der Waals surface area (Å²) < 4.78 is 13.7. The largest absolute Gasteiger partial charge is 0.317 e. The SMILES string of the molecule is CCCNCCC(C)(C)CCc1ccc(F)c(Br)c1. The van der Waals surface area contributed by atoms with E-state index in [2.05, 4.69) is 42.0 Å². The molecule has 0 aromatic heterocycles. The van der Waals surface area contributed by atoms with Crippen molar-refractivity contribution in [2.75, 3.05) is 13.1 Å². The third-order valence-corrected chi connectivity index (χ3v) is 4.09. The highest BCUT2D eigenvalue weighted by atomic mass is 79.9. The molecule has 0 aliphatic heterocycles. The minimum absolute atomic E-state index is 0.188. The van der Waals surface area contributed by atoms with E-state index in [1.807, 2.05) is 12.1 Å². The van der Waals surface area contributed by atoms with Gasteiger partial charge in [-0.15, -0.1) is 0 Å². The van der Waals surface area contributed by atoms with Crippen LogP contribution in [-0.2, 0) is 6.42 Å². The molecule has 0 unspecified atom stereocenters. The van der Waals surface area contributed by atoms with Crippen molar-refractivity contribution in [3.8, 4) is 0 Å². The number of hydrogen-bond acceptors (Lipinski definition) is 1. The van der Waals surface area contributed by atoms with Gasteiger partial charge in [-0.3, -0.25) is 0 Å². The van der Waals surface area contributed by atoms with Crippen LogP contribution in [0.25, 0.3) is 0 Å². The summed E-state index contributed by atoms with van der Waals surface area (Å²) in [6.07, 6.45) is 4.48. The van der Waals surface area contributed by atoms with Crippen LogP contribution in [0.4, 0.5) is 4.39 Å². The standard InChI is InChI=1S/C16H25BrFN/c1-4-10-19-11-9-16(2,3)8-7-13-5-6-15(18)14(17)12-13/h5-6,12,19H,4,7-11H2,1-3H3. The molecule has 0 heterocycles. The predicted octanol–water partition coefficient (Wildman–Crippen LogP) is 4.94. The number of halogens is 2. The molecule has 0 radical (unpaired) electrons.